The average molecular weight is 350 g/mol. The Labute approximate surface area is 152 Å². The lowest BCUT2D eigenvalue weighted by Gasteiger charge is -2.32. The highest BCUT2D eigenvalue weighted by atomic mass is 16.5. The van der Waals surface area contributed by atoms with Crippen LogP contribution in [0.5, 0.6) is 5.75 Å². The molecule has 1 aliphatic rings. The topological polar surface area (TPSA) is 60.2 Å². The molecule has 3 aromatic rings. The maximum Gasteiger partial charge on any atom is 0.254 e. The summed E-state index contributed by atoms with van der Waals surface area (Å²) in [4.78, 5) is 19.3. The third-order valence-corrected chi connectivity index (χ3v) is 5.04. The Morgan fingerprint density at radius 1 is 1.27 bits per heavy atom. The van der Waals surface area contributed by atoms with Crippen molar-refractivity contribution in [3.63, 3.8) is 0 Å². The van der Waals surface area contributed by atoms with Crippen molar-refractivity contribution in [2.75, 3.05) is 20.2 Å². The fourth-order valence-electron chi connectivity index (χ4n) is 3.74. The molecule has 1 fully saturated rings. The molecule has 134 valence electrons. The smallest absolute Gasteiger partial charge is 0.254 e. The first kappa shape index (κ1) is 16.6. The van der Waals surface area contributed by atoms with Crippen LogP contribution in [0.25, 0.3) is 11.0 Å². The summed E-state index contributed by atoms with van der Waals surface area (Å²) in [5, 5.41) is 5.78. The van der Waals surface area contributed by atoms with Gasteiger partial charge in [-0.2, -0.15) is 5.10 Å². The third-order valence-electron chi connectivity index (χ3n) is 5.04. The molecule has 0 saturated carbocycles. The molecule has 0 unspecified atom stereocenters. The van der Waals surface area contributed by atoms with Crippen molar-refractivity contribution >= 4 is 16.9 Å². The van der Waals surface area contributed by atoms with Gasteiger partial charge in [0.1, 0.15) is 5.75 Å². The second-order valence-electron chi connectivity index (χ2n) is 6.71. The van der Waals surface area contributed by atoms with E-state index in [4.69, 9.17) is 9.84 Å². The monoisotopic (exact) mass is 350 g/mol. The van der Waals surface area contributed by atoms with E-state index in [1.165, 1.54) is 0 Å². The molecule has 1 amide bonds. The maximum atomic E-state index is 12.9. The number of methoxy groups -OCH3 is 1. The van der Waals surface area contributed by atoms with Crippen LogP contribution < -0.4 is 4.74 Å². The van der Waals surface area contributed by atoms with Gasteiger partial charge in [-0.25, -0.2) is 4.98 Å². The lowest BCUT2D eigenvalue weighted by molar-refractivity contribution is 0.0705. The van der Waals surface area contributed by atoms with Crippen LogP contribution in [0.15, 0.2) is 42.6 Å². The second kappa shape index (κ2) is 6.78. The van der Waals surface area contributed by atoms with Gasteiger partial charge in [0.25, 0.3) is 5.91 Å². The number of rotatable bonds is 3. The summed E-state index contributed by atoms with van der Waals surface area (Å²) in [5.41, 5.74) is 2.59. The molecule has 6 heteroatoms. The summed E-state index contributed by atoms with van der Waals surface area (Å²) in [6, 6.07) is 11.3. The van der Waals surface area contributed by atoms with Crippen molar-refractivity contribution < 1.29 is 9.53 Å². The van der Waals surface area contributed by atoms with E-state index in [2.05, 4.69) is 11.1 Å². The minimum absolute atomic E-state index is 0.0481. The van der Waals surface area contributed by atoms with E-state index in [0.29, 0.717) is 17.9 Å². The standard InChI is InChI=1S/C20H22N4O2/c1-23-19-17(9-4-10-21-19)18(22-23)15-7-5-11-24(13-15)20(25)14-6-3-8-16(12-14)26-2/h3-4,6,8-10,12,15H,5,7,11,13H2,1-2H3/t15-/m0/s1. The van der Waals surface area contributed by atoms with Crippen molar-refractivity contribution in [2.24, 2.45) is 7.05 Å². The Kier molecular flexibility index (Phi) is 4.32. The first-order valence-corrected chi connectivity index (χ1v) is 8.88. The Morgan fingerprint density at radius 3 is 3.00 bits per heavy atom. The quantitative estimate of drug-likeness (QED) is 0.729. The van der Waals surface area contributed by atoms with Gasteiger partial charge >= 0.3 is 0 Å². The zero-order valence-corrected chi connectivity index (χ0v) is 15.1. The molecule has 0 aliphatic carbocycles. The normalized spacial score (nSPS) is 17.5. The molecule has 0 N–H and O–H groups in total. The highest BCUT2D eigenvalue weighted by Gasteiger charge is 2.28. The van der Waals surface area contributed by atoms with Gasteiger partial charge in [0.15, 0.2) is 5.65 Å². The lowest BCUT2D eigenvalue weighted by atomic mass is 9.93. The Balaban J connectivity index is 1.60. The van der Waals surface area contributed by atoms with Crippen molar-refractivity contribution in [1.29, 1.82) is 0 Å². The summed E-state index contributed by atoms with van der Waals surface area (Å²) in [6.45, 7) is 1.45. The van der Waals surface area contributed by atoms with Crippen LogP contribution in [0.2, 0.25) is 0 Å². The van der Waals surface area contributed by atoms with Gasteiger partial charge in [0, 0.05) is 43.2 Å². The van der Waals surface area contributed by atoms with Crippen LogP contribution in [0.3, 0.4) is 0 Å². The lowest BCUT2D eigenvalue weighted by Crippen LogP contribution is -2.39. The van der Waals surface area contributed by atoms with Crippen LogP contribution in [0.4, 0.5) is 0 Å². The van der Waals surface area contributed by atoms with Gasteiger partial charge in [-0.15, -0.1) is 0 Å². The molecular formula is C20H22N4O2. The number of hydrogen-bond acceptors (Lipinski definition) is 4. The van der Waals surface area contributed by atoms with Crippen molar-refractivity contribution in [3.8, 4) is 5.75 Å². The number of carbonyl (C=O) groups is 1. The van der Waals surface area contributed by atoms with E-state index < -0.39 is 0 Å². The number of aryl methyl sites for hydroxylation is 1. The number of ether oxygens (including phenoxy) is 1. The first-order valence-electron chi connectivity index (χ1n) is 8.88. The van der Waals surface area contributed by atoms with Gasteiger partial charge < -0.3 is 9.64 Å². The van der Waals surface area contributed by atoms with Crippen LogP contribution >= 0.6 is 0 Å². The van der Waals surface area contributed by atoms with E-state index in [0.717, 1.165) is 36.1 Å². The Bertz CT molecular complexity index is 950. The van der Waals surface area contributed by atoms with Crippen molar-refractivity contribution in [2.45, 2.75) is 18.8 Å². The number of hydrogen-bond donors (Lipinski definition) is 0. The van der Waals surface area contributed by atoms with Crippen LogP contribution in [0.1, 0.15) is 34.8 Å². The van der Waals surface area contributed by atoms with E-state index in [9.17, 15) is 4.79 Å². The number of piperidine rings is 1. The zero-order chi connectivity index (χ0) is 18.1. The van der Waals surface area contributed by atoms with Crippen LogP contribution in [-0.4, -0.2) is 45.8 Å². The molecule has 4 rings (SSSR count). The highest BCUT2D eigenvalue weighted by Crippen LogP contribution is 2.31. The van der Waals surface area contributed by atoms with Gasteiger partial charge in [0.2, 0.25) is 0 Å². The summed E-state index contributed by atoms with van der Waals surface area (Å²) in [5.74, 6) is 0.976. The van der Waals surface area contributed by atoms with E-state index in [1.54, 1.807) is 19.4 Å². The molecule has 0 bridgehead atoms. The predicted molar refractivity (Wildman–Crippen MR) is 99.4 cm³/mol. The molecule has 1 atom stereocenters. The van der Waals surface area contributed by atoms with Gasteiger partial charge in [-0.05, 0) is 43.2 Å². The highest BCUT2D eigenvalue weighted by molar-refractivity contribution is 5.94. The molecule has 0 spiro atoms. The fraction of sp³-hybridized carbons (Fsp3) is 0.350. The van der Waals surface area contributed by atoms with Gasteiger partial charge in [0.05, 0.1) is 12.8 Å². The third kappa shape index (κ3) is 2.92. The SMILES string of the molecule is COc1cccc(C(=O)N2CCC[C@H](c3nn(C)c4ncccc34)C2)c1. The number of amides is 1. The summed E-state index contributed by atoms with van der Waals surface area (Å²) >= 11 is 0. The first-order chi connectivity index (χ1) is 12.7. The predicted octanol–water partition coefficient (Wildman–Crippen LogP) is 3.00. The van der Waals surface area contributed by atoms with E-state index in [-0.39, 0.29) is 11.8 Å². The van der Waals surface area contributed by atoms with Crippen molar-refractivity contribution in [3.05, 3.63) is 53.9 Å². The molecule has 1 aromatic carbocycles. The average Bonchev–Trinajstić information content (AvgIpc) is 3.04. The van der Waals surface area contributed by atoms with Crippen molar-refractivity contribution in [1.82, 2.24) is 19.7 Å². The molecule has 0 radical (unpaired) electrons. The molecule has 6 nitrogen and oxygen atoms in total. The van der Waals surface area contributed by atoms with E-state index in [1.807, 2.05) is 40.9 Å². The summed E-state index contributed by atoms with van der Waals surface area (Å²) in [6.07, 6.45) is 3.79. The largest absolute Gasteiger partial charge is 0.497 e. The van der Waals surface area contributed by atoms with Crippen LogP contribution in [-0.2, 0) is 7.05 Å². The number of carbonyl (C=O) groups excluding carboxylic acids is 1. The Hall–Kier alpha value is -2.89. The maximum absolute atomic E-state index is 12.9. The minimum atomic E-state index is 0.0481. The molecule has 26 heavy (non-hydrogen) atoms. The minimum Gasteiger partial charge on any atom is -0.497 e. The molecule has 3 heterocycles. The molecule has 1 aliphatic heterocycles. The van der Waals surface area contributed by atoms with Gasteiger partial charge in [-0.1, -0.05) is 6.07 Å². The number of fused-ring (bicyclic) bond motifs is 1. The number of benzene rings is 1. The number of nitrogens with zero attached hydrogens (tertiary/aromatic N) is 4. The zero-order valence-electron chi connectivity index (χ0n) is 15.1. The summed E-state index contributed by atoms with van der Waals surface area (Å²) in [7, 11) is 3.53. The van der Waals surface area contributed by atoms with Gasteiger partial charge in [-0.3, -0.25) is 9.48 Å². The summed E-state index contributed by atoms with van der Waals surface area (Å²) < 4.78 is 7.07. The fourth-order valence-corrected chi connectivity index (χ4v) is 3.74. The molecule has 2 aromatic heterocycles. The number of aromatic nitrogens is 3. The molecule has 1 saturated heterocycles. The van der Waals surface area contributed by atoms with Crippen LogP contribution in [0, 0.1) is 0 Å². The Morgan fingerprint density at radius 2 is 2.15 bits per heavy atom. The number of pyridine rings is 1. The number of likely N-dealkylation sites (tertiary alicyclic amines) is 1. The van der Waals surface area contributed by atoms with E-state index >= 15 is 0 Å². The molecular weight excluding hydrogens is 328 g/mol. The second-order valence-corrected chi connectivity index (χ2v) is 6.71.